The number of benzene rings is 7. The molecule has 0 spiro atoms. The first-order chi connectivity index (χ1) is 21.3. The van der Waals surface area contributed by atoms with E-state index < -0.39 is 0 Å². The number of aromatic nitrogens is 1. The number of fused-ring (bicyclic) bond motifs is 9. The van der Waals surface area contributed by atoms with Crippen molar-refractivity contribution in [1.82, 2.24) is 4.98 Å². The van der Waals surface area contributed by atoms with Gasteiger partial charge in [0.2, 0.25) is 0 Å². The molecule has 1 nitrogen and oxygen atoms in total. The molecule has 0 aliphatic heterocycles. The second-order valence-electron chi connectivity index (χ2n) is 11.1. The van der Waals surface area contributed by atoms with E-state index in [1.807, 2.05) is 23.6 Å². The molecule has 0 atom stereocenters. The first-order valence-corrected chi connectivity index (χ1v) is 15.4. The summed E-state index contributed by atoms with van der Waals surface area (Å²) in [5.41, 5.74) is 7.16. The van der Waals surface area contributed by atoms with Gasteiger partial charge in [-0.3, -0.25) is 4.98 Å². The lowest BCUT2D eigenvalue weighted by Crippen LogP contribution is -1.86. The molecular formula is C41H25NS. The van der Waals surface area contributed by atoms with Crippen LogP contribution in [0.15, 0.2) is 152 Å². The van der Waals surface area contributed by atoms with Crippen molar-refractivity contribution in [3.05, 3.63) is 152 Å². The molecule has 0 aliphatic carbocycles. The van der Waals surface area contributed by atoms with E-state index in [2.05, 4.69) is 145 Å². The zero-order valence-corrected chi connectivity index (χ0v) is 24.1. The van der Waals surface area contributed by atoms with Gasteiger partial charge in [-0.05, 0) is 78.8 Å². The van der Waals surface area contributed by atoms with Crippen LogP contribution in [0.3, 0.4) is 0 Å². The molecular weight excluding hydrogens is 539 g/mol. The topological polar surface area (TPSA) is 12.9 Å². The zero-order chi connectivity index (χ0) is 28.3. The van der Waals surface area contributed by atoms with Crippen LogP contribution in [0.2, 0.25) is 0 Å². The molecule has 0 bridgehead atoms. The van der Waals surface area contributed by atoms with Gasteiger partial charge in [-0.1, -0.05) is 121 Å². The summed E-state index contributed by atoms with van der Waals surface area (Å²) in [6.07, 6.45) is 1.87. The van der Waals surface area contributed by atoms with Crippen molar-refractivity contribution in [2.24, 2.45) is 0 Å². The first kappa shape index (κ1) is 24.3. The average molecular weight is 564 g/mol. The summed E-state index contributed by atoms with van der Waals surface area (Å²) in [4.78, 5) is 4.66. The molecule has 2 heteroatoms. The summed E-state index contributed by atoms with van der Waals surface area (Å²) >= 11 is 1.87. The van der Waals surface area contributed by atoms with Crippen molar-refractivity contribution < 1.29 is 0 Å². The Bertz CT molecular complexity index is 2470. The summed E-state index contributed by atoms with van der Waals surface area (Å²) in [7, 11) is 0. The molecule has 0 radical (unpaired) electrons. The lowest BCUT2D eigenvalue weighted by molar-refractivity contribution is 1.33. The Morgan fingerprint density at radius 3 is 1.58 bits per heavy atom. The van der Waals surface area contributed by atoms with Crippen LogP contribution in [-0.4, -0.2) is 4.98 Å². The minimum absolute atomic E-state index is 1.01. The van der Waals surface area contributed by atoms with E-state index in [9.17, 15) is 0 Å². The molecule has 7 aromatic carbocycles. The van der Waals surface area contributed by atoms with Crippen LogP contribution in [0.5, 0.6) is 0 Å². The van der Waals surface area contributed by atoms with Gasteiger partial charge in [0.25, 0.3) is 0 Å². The van der Waals surface area contributed by atoms with Crippen LogP contribution < -0.4 is 0 Å². The molecule has 0 aliphatic rings. The number of thiophene rings is 1. The Kier molecular flexibility index (Phi) is 5.44. The Labute approximate surface area is 253 Å². The molecule has 0 N–H and O–H groups in total. The Morgan fingerprint density at radius 1 is 0.349 bits per heavy atom. The average Bonchev–Trinajstić information content (AvgIpc) is 3.48. The fourth-order valence-electron chi connectivity index (χ4n) is 6.72. The summed E-state index contributed by atoms with van der Waals surface area (Å²) < 4.78 is 2.60. The molecule has 9 aromatic rings. The van der Waals surface area contributed by atoms with Crippen molar-refractivity contribution in [3.8, 4) is 33.5 Å². The molecule has 0 amide bonds. The van der Waals surface area contributed by atoms with E-state index in [1.54, 1.807) is 0 Å². The largest absolute Gasteiger partial charge is 0.256 e. The van der Waals surface area contributed by atoms with E-state index in [0.717, 1.165) is 5.69 Å². The standard InChI is InChI=1S/C41H25NS/c1-2-14-32-30(12-1)31-13-3-4-15-33(31)38-25-27(21-22-34(32)38)26-10-7-11-28(24-26)29-16-8-17-35-36-18-9-19-37(41(36)43-40(29)35)39-20-5-6-23-42-39/h1-25H. The van der Waals surface area contributed by atoms with Crippen LogP contribution in [-0.2, 0) is 0 Å². The Hall–Kier alpha value is -5.31. The number of nitrogens with zero attached hydrogens (tertiary/aromatic N) is 1. The van der Waals surface area contributed by atoms with E-state index >= 15 is 0 Å². The van der Waals surface area contributed by atoms with Crippen molar-refractivity contribution in [2.75, 3.05) is 0 Å². The van der Waals surface area contributed by atoms with Crippen LogP contribution in [0.25, 0.3) is 86.0 Å². The van der Waals surface area contributed by atoms with Gasteiger partial charge in [0.15, 0.2) is 0 Å². The summed E-state index contributed by atoms with van der Waals surface area (Å²) in [5, 5.41) is 10.4. The predicted molar refractivity (Wildman–Crippen MR) is 186 cm³/mol. The minimum atomic E-state index is 1.01. The molecule has 0 fully saturated rings. The van der Waals surface area contributed by atoms with Gasteiger partial charge in [-0.15, -0.1) is 11.3 Å². The van der Waals surface area contributed by atoms with Crippen LogP contribution in [0.1, 0.15) is 0 Å². The lowest BCUT2D eigenvalue weighted by atomic mass is 9.91. The Balaban J connectivity index is 1.22. The molecule has 2 heterocycles. The van der Waals surface area contributed by atoms with Crippen molar-refractivity contribution in [2.45, 2.75) is 0 Å². The van der Waals surface area contributed by atoms with Gasteiger partial charge < -0.3 is 0 Å². The van der Waals surface area contributed by atoms with E-state index in [4.69, 9.17) is 0 Å². The number of rotatable bonds is 3. The maximum Gasteiger partial charge on any atom is 0.0716 e. The number of hydrogen-bond donors (Lipinski definition) is 0. The highest BCUT2D eigenvalue weighted by Crippen LogP contribution is 2.44. The van der Waals surface area contributed by atoms with Crippen molar-refractivity contribution in [1.29, 1.82) is 0 Å². The van der Waals surface area contributed by atoms with Gasteiger partial charge in [0.05, 0.1) is 5.69 Å². The molecule has 0 saturated carbocycles. The normalized spacial score (nSPS) is 11.7. The predicted octanol–water partition coefficient (Wildman–Crippen LogP) is 11.9. The SMILES string of the molecule is c1ccc(-c2cccc3c2sc2c(-c4cccc(-c5ccc6c7ccccc7c7ccccc7c6c5)c4)cccc23)nc1. The highest BCUT2D eigenvalue weighted by Gasteiger charge is 2.15. The fourth-order valence-corrected chi connectivity index (χ4v) is 8.08. The quantitative estimate of drug-likeness (QED) is 0.195. The first-order valence-electron chi connectivity index (χ1n) is 14.6. The second-order valence-corrected chi connectivity index (χ2v) is 12.1. The third-order valence-electron chi connectivity index (χ3n) is 8.72. The highest BCUT2D eigenvalue weighted by atomic mass is 32.1. The summed E-state index contributed by atoms with van der Waals surface area (Å²) in [6, 6.07) is 52.9. The van der Waals surface area contributed by atoms with E-state index in [1.165, 1.54) is 80.3 Å². The third-order valence-corrected chi connectivity index (χ3v) is 10.0. The lowest BCUT2D eigenvalue weighted by Gasteiger charge is -2.12. The van der Waals surface area contributed by atoms with E-state index in [-0.39, 0.29) is 0 Å². The van der Waals surface area contributed by atoms with Crippen molar-refractivity contribution in [3.63, 3.8) is 0 Å². The maximum absolute atomic E-state index is 4.66. The molecule has 2 aromatic heterocycles. The van der Waals surface area contributed by atoms with Crippen LogP contribution in [0, 0.1) is 0 Å². The Morgan fingerprint density at radius 2 is 0.884 bits per heavy atom. The van der Waals surface area contributed by atoms with Crippen LogP contribution >= 0.6 is 11.3 Å². The number of pyridine rings is 1. The van der Waals surface area contributed by atoms with Gasteiger partial charge in [-0.25, -0.2) is 0 Å². The molecule has 0 saturated heterocycles. The monoisotopic (exact) mass is 563 g/mol. The van der Waals surface area contributed by atoms with E-state index in [0.29, 0.717) is 0 Å². The van der Waals surface area contributed by atoms with Gasteiger partial charge >= 0.3 is 0 Å². The summed E-state index contributed by atoms with van der Waals surface area (Å²) in [6.45, 7) is 0. The van der Waals surface area contributed by atoms with Gasteiger partial charge in [-0.2, -0.15) is 0 Å². The van der Waals surface area contributed by atoms with Crippen LogP contribution in [0.4, 0.5) is 0 Å². The molecule has 200 valence electrons. The fraction of sp³-hybridized carbons (Fsp3) is 0. The zero-order valence-electron chi connectivity index (χ0n) is 23.3. The van der Waals surface area contributed by atoms with Gasteiger partial charge in [0.1, 0.15) is 0 Å². The smallest absolute Gasteiger partial charge is 0.0716 e. The molecule has 0 unspecified atom stereocenters. The molecule has 43 heavy (non-hydrogen) atoms. The summed E-state index contributed by atoms with van der Waals surface area (Å²) in [5.74, 6) is 0. The third kappa shape index (κ3) is 3.81. The highest BCUT2D eigenvalue weighted by molar-refractivity contribution is 7.26. The van der Waals surface area contributed by atoms with Gasteiger partial charge in [0, 0.05) is 31.9 Å². The molecule has 9 rings (SSSR count). The minimum Gasteiger partial charge on any atom is -0.256 e. The maximum atomic E-state index is 4.66. The van der Waals surface area contributed by atoms with Crippen molar-refractivity contribution >= 4 is 63.8 Å². The number of hydrogen-bond acceptors (Lipinski definition) is 2. The second kappa shape index (κ2) is 9.62.